The molecule has 0 amide bonds. The van der Waals surface area contributed by atoms with Crippen molar-refractivity contribution in [3.63, 3.8) is 0 Å². The van der Waals surface area contributed by atoms with E-state index in [1.807, 2.05) is 0 Å². The summed E-state index contributed by atoms with van der Waals surface area (Å²) in [6, 6.07) is 0.225. The van der Waals surface area contributed by atoms with Crippen LogP contribution in [0.15, 0.2) is 0 Å². The molecule has 0 aromatic carbocycles. The van der Waals surface area contributed by atoms with E-state index in [0.717, 1.165) is 25.8 Å². The summed E-state index contributed by atoms with van der Waals surface area (Å²) in [7, 11) is 0. The van der Waals surface area contributed by atoms with Crippen LogP contribution < -0.4 is 0 Å². The standard InChI is InChI=1S/C16H31NO/c1-2-3-4-5-6-7-8-10-13-17-14-11-9-12-16(17)15-18/h15-16H,2-14H2,1H3. The summed E-state index contributed by atoms with van der Waals surface area (Å²) in [4.78, 5) is 13.4. The third kappa shape index (κ3) is 6.53. The van der Waals surface area contributed by atoms with Gasteiger partial charge in [-0.05, 0) is 32.4 Å². The highest BCUT2D eigenvalue weighted by Gasteiger charge is 2.20. The number of rotatable bonds is 10. The Hall–Kier alpha value is -0.370. The summed E-state index contributed by atoms with van der Waals surface area (Å²) in [5.41, 5.74) is 0. The van der Waals surface area contributed by atoms with E-state index in [0.29, 0.717) is 0 Å². The molecule has 1 rings (SSSR count). The van der Waals surface area contributed by atoms with Crippen LogP contribution in [0.1, 0.15) is 77.6 Å². The van der Waals surface area contributed by atoms with Crippen molar-refractivity contribution in [2.24, 2.45) is 0 Å². The molecule has 1 atom stereocenters. The first-order valence-corrected chi connectivity index (χ1v) is 8.08. The number of likely N-dealkylation sites (tertiary alicyclic amines) is 1. The molecule has 0 N–H and O–H groups in total. The average molecular weight is 253 g/mol. The molecule has 18 heavy (non-hydrogen) atoms. The molecule has 2 heteroatoms. The Morgan fingerprint density at radius 1 is 1.00 bits per heavy atom. The first kappa shape index (κ1) is 15.7. The zero-order valence-electron chi connectivity index (χ0n) is 12.2. The van der Waals surface area contributed by atoms with Crippen molar-refractivity contribution in [2.45, 2.75) is 83.6 Å². The van der Waals surface area contributed by atoms with E-state index < -0.39 is 0 Å². The second-order valence-electron chi connectivity index (χ2n) is 5.71. The van der Waals surface area contributed by atoms with E-state index in [-0.39, 0.29) is 6.04 Å². The number of hydrogen-bond acceptors (Lipinski definition) is 2. The molecule has 0 aromatic heterocycles. The molecule has 2 nitrogen and oxygen atoms in total. The third-order valence-electron chi connectivity index (χ3n) is 4.12. The summed E-state index contributed by atoms with van der Waals surface area (Å²) in [5, 5.41) is 0. The van der Waals surface area contributed by atoms with Crippen molar-refractivity contribution in [1.29, 1.82) is 0 Å². The fourth-order valence-electron chi connectivity index (χ4n) is 2.90. The lowest BCUT2D eigenvalue weighted by molar-refractivity contribution is -0.113. The molecular weight excluding hydrogens is 222 g/mol. The lowest BCUT2D eigenvalue weighted by Gasteiger charge is -2.32. The molecule has 1 fully saturated rings. The summed E-state index contributed by atoms with van der Waals surface area (Å²) in [6.07, 6.45) is 15.7. The van der Waals surface area contributed by atoms with Gasteiger partial charge in [-0.2, -0.15) is 0 Å². The molecule has 1 saturated heterocycles. The second kappa shape index (κ2) is 10.5. The highest BCUT2D eigenvalue weighted by atomic mass is 16.1. The number of hydrogen-bond donors (Lipinski definition) is 0. The van der Waals surface area contributed by atoms with E-state index in [9.17, 15) is 4.79 Å². The van der Waals surface area contributed by atoms with E-state index >= 15 is 0 Å². The predicted octanol–water partition coefficient (Wildman–Crippen LogP) is 4.18. The van der Waals surface area contributed by atoms with Crippen molar-refractivity contribution >= 4 is 6.29 Å². The quantitative estimate of drug-likeness (QED) is 0.430. The van der Waals surface area contributed by atoms with Crippen LogP contribution in [0.3, 0.4) is 0 Å². The summed E-state index contributed by atoms with van der Waals surface area (Å²) in [6.45, 7) is 4.54. The molecule has 1 unspecified atom stereocenters. The normalized spacial score (nSPS) is 21.1. The minimum absolute atomic E-state index is 0.225. The molecule has 106 valence electrons. The minimum atomic E-state index is 0.225. The molecule has 0 aliphatic carbocycles. The van der Waals surface area contributed by atoms with Gasteiger partial charge in [0, 0.05) is 0 Å². The van der Waals surface area contributed by atoms with Crippen molar-refractivity contribution in [3.8, 4) is 0 Å². The van der Waals surface area contributed by atoms with Gasteiger partial charge in [-0.15, -0.1) is 0 Å². The van der Waals surface area contributed by atoms with Crippen LogP contribution in [0.2, 0.25) is 0 Å². The third-order valence-corrected chi connectivity index (χ3v) is 4.12. The Morgan fingerprint density at radius 3 is 2.33 bits per heavy atom. The van der Waals surface area contributed by atoms with Gasteiger partial charge in [-0.3, -0.25) is 4.90 Å². The average Bonchev–Trinajstić information content (AvgIpc) is 2.42. The van der Waals surface area contributed by atoms with Crippen LogP contribution >= 0.6 is 0 Å². The number of piperidine rings is 1. The fourth-order valence-corrected chi connectivity index (χ4v) is 2.90. The molecule has 0 aromatic rings. The number of nitrogens with zero attached hydrogens (tertiary/aromatic N) is 1. The first-order valence-electron chi connectivity index (χ1n) is 8.08. The van der Waals surface area contributed by atoms with Crippen molar-refractivity contribution in [3.05, 3.63) is 0 Å². The fraction of sp³-hybridized carbons (Fsp3) is 0.938. The van der Waals surface area contributed by atoms with E-state index in [4.69, 9.17) is 0 Å². The molecule has 0 bridgehead atoms. The van der Waals surface area contributed by atoms with E-state index in [1.54, 1.807) is 0 Å². The van der Waals surface area contributed by atoms with Gasteiger partial charge >= 0.3 is 0 Å². The number of aldehydes is 1. The van der Waals surface area contributed by atoms with Gasteiger partial charge in [-0.1, -0.05) is 58.3 Å². The van der Waals surface area contributed by atoms with E-state index in [1.165, 1.54) is 64.2 Å². The Balaban J connectivity index is 1.94. The van der Waals surface area contributed by atoms with Crippen LogP contribution in [0.5, 0.6) is 0 Å². The molecule has 0 saturated carbocycles. The van der Waals surface area contributed by atoms with Gasteiger partial charge in [0.2, 0.25) is 0 Å². The van der Waals surface area contributed by atoms with Crippen LogP contribution in [0, 0.1) is 0 Å². The highest BCUT2D eigenvalue weighted by molar-refractivity contribution is 5.57. The summed E-state index contributed by atoms with van der Waals surface area (Å²) in [5.74, 6) is 0. The zero-order chi connectivity index (χ0) is 13.1. The maximum Gasteiger partial charge on any atom is 0.137 e. The van der Waals surface area contributed by atoms with Gasteiger partial charge in [0.1, 0.15) is 6.29 Å². The molecule has 1 aliphatic rings. The molecule has 0 spiro atoms. The van der Waals surface area contributed by atoms with Gasteiger partial charge in [-0.25, -0.2) is 0 Å². The van der Waals surface area contributed by atoms with Crippen molar-refractivity contribution in [2.75, 3.05) is 13.1 Å². The molecule has 1 aliphatic heterocycles. The van der Waals surface area contributed by atoms with Crippen LogP contribution in [-0.4, -0.2) is 30.3 Å². The van der Waals surface area contributed by atoms with Gasteiger partial charge in [0.05, 0.1) is 6.04 Å². The SMILES string of the molecule is CCCCCCCCCCN1CCCCC1C=O. The zero-order valence-corrected chi connectivity index (χ0v) is 12.2. The molecular formula is C16H31NO. The predicted molar refractivity (Wildman–Crippen MR) is 77.9 cm³/mol. The largest absolute Gasteiger partial charge is 0.302 e. The lowest BCUT2D eigenvalue weighted by Crippen LogP contribution is -2.40. The topological polar surface area (TPSA) is 20.3 Å². The van der Waals surface area contributed by atoms with E-state index in [2.05, 4.69) is 11.8 Å². The van der Waals surface area contributed by atoms with Crippen LogP contribution in [0.4, 0.5) is 0 Å². The monoisotopic (exact) mass is 253 g/mol. The number of unbranched alkanes of at least 4 members (excludes halogenated alkanes) is 7. The summed E-state index contributed by atoms with van der Waals surface area (Å²) >= 11 is 0. The Labute approximate surface area is 113 Å². The van der Waals surface area contributed by atoms with Crippen LogP contribution in [-0.2, 0) is 4.79 Å². The lowest BCUT2D eigenvalue weighted by atomic mass is 10.0. The Morgan fingerprint density at radius 2 is 1.67 bits per heavy atom. The van der Waals surface area contributed by atoms with Gasteiger partial charge < -0.3 is 4.79 Å². The number of carbonyl (C=O) groups is 1. The minimum Gasteiger partial charge on any atom is -0.302 e. The smallest absolute Gasteiger partial charge is 0.137 e. The van der Waals surface area contributed by atoms with Gasteiger partial charge in [0.15, 0.2) is 0 Å². The summed E-state index contributed by atoms with van der Waals surface area (Å²) < 4.78 is 0. The van der Waals surface area contributed by atoms with Gasteiger partial charge in [0.25, 0.3) is 0 Å². The van der Waals surface area contributed by atoms with Crippen molar-refractivity contribution < 1.29 is 4.79 Å². The highest BCUT2D eigenvalue weighted by Crippen LogP contribution is 2.16. The Bertz CT molecular complexity index is 205. The first-order chi connectivity index (χ1) is 8.88. The second-order valence-corrected chi connectivity index (χ2v) is 5.71. The van der Waals surface area contributed by atoms with Crippen LogP contribution in [0.25, 0.3) is 0 Å². The molecule has 1 heterocycles. The maximum absolute atomic E-state index is 11.0. The number of carbonyl (C=O) groups excluding carboxylic acids is 1. The molecule has 0 radical (unpaired) electrons. The van der Waals surface area contributed by atoms with Crippen molar-refractivity contribution in [1.82, 2.24) is 4.90 Å². The Kier molecular flexibility index (Phi) is 9.19. The maximum atomic E-state index is 11.0.